The average Bonchev–Trinajstić information content (AvgIpc) is 3.25. The van der Waals surface area contributed by atoms with Crippen molar-refractivity contribution in [2.75, 3.05) is 13.7 Å². The van der Waals surface area contributed by atoms with E-state index in [9.17, 15) is 9.90 Å². The molecule has 1 unspecified atom stereocenters. The second-order valence-corrected chi connectivity index (χ2v) is 5.09. The van der Waals surface area contributed by atoms with E-state index in [4.69, 9.17) is 4.74 Å². The van der Waals surface area contributed by atoms with E-state index in [0.717, 1.165) is 25.0 Å². The van der Waals surface area contributed by atoms with E-state index < -0.39 is 11.5 Å². The minimum Gasteiger partial charge on any atom is -0.491 e. The van der Waals surface area contributed by atoms with Gasteiger partial charge in [0, 0.05) is 0 Å². The number of ether oxygens (including phenoxy) is 1. The number of carboxylic acids is 1. The minimum absolute atomic E-state index is 0.163. The standard InChI is InChI=1S/C15H21NO3/c1-3-11-5-4-6-13(9-11)19-10-15(16-2,14(17)18)12-7-8-12/h4-6,9,12,16H,3,7-8,10H2,1-2H3,(H,17,18). The third kappa shape index (κ3) is 2.89. The molecule has 0 radical (unpaired) electrons. The van der Waals surface area contributed by atoms with Crippen LogP contribution >= 0.6 is 0 Å². The van der Waals surface area contributed by atoms with Gasteiger partial charge in [0.2, 0.25) is 0 Å². The third-order valence-electron chi connectivity index (χ3n) is 3.88. The molecule has 0 heterocycles. The van der Waals surface area contributed by atoms with Gasteiger partial charge in [0.1, 0.15) is 12.4 Å². The van der Waals surface area contributed by atoms with Crippen molar-refractivity contribution >= 4 is 5.97 Å². The van der Waals surface area contributed by atoms with Crippen molar-refractivity contribution in [3.8, 4) is 5.75 Å². The molecular formula is C15H21NO3. The molecule has 19 heavy (non-hydrogen) atoms. The summed E-state index contributed by atoms with van der Waals surface area (Å²) in [5.41, 5.74) is 0.233. The number of rotatable bonds is 7. The van der Waals surface area contributed by atoms with Crippen LogP contribution in [0.2, 0.25) is 0 Å². The van der Waals surface area contributed by atoms with Gasteiger partial charge >= 0.3 is 5.97 Å². The highest BCUT2D eigenvalue weighted by Gasteiger charge is 2.51. The lowest BCUT2D eigenvalue weighted by Gasteiger charge is -2.29. The normalized spacial score (nSPS) is 17.8. The van der Waals surface area contributed by atoms with Gasteiger partial charge in [0.25, 0.3) is 0 Å². The van der Waals surface area contributed by atoms with Crippen LogP contribution < -0.4 is 10.1 Å². The van der Waals surface area contributed by atoms with Crippen LogP contribution in [-0.4, -0.2) is 30.3 Å². The van der Waals surface area contributed by atoms with Crippen molar-refractivity contribution in [1.29, 1.82) is 0 Å². The number of aryl methyl sites for hydroxylation is 1. The molecular weight excluding hydrogens is 242 g/mol. The van der Waals surface area contributed by atoms with E-state index in [1.807, 2.05) is 24.3 Å². The molecule has 1 aromatic rings. The van der Waals surface area contributed by atoms with Gasteiger partial charge in [-0.2, -0.15) is 0 Å². The molecule has 4 nitrogen and oxygen atoms in total. The van der Waals surface area contributed by atoms with Gasteiger partial charge in [-0.3, -0.25) is 4.79 Å². The number of nitrogens with one attached hydrogen (secondary N) is 1. The second-order valence-electron chi connectivity index (χ2n) is 5.09. The molecule has 1 fully saturated rings. The molecule has 0 amide bonds. The van der Waals surface area contributed by atoms with Gasteiger partial charge in [-0.25, -0.2) is 0 Å². The maximum Gasteiger partial charge on any atom is 0.327 e. The van der Waals surface area contributed by atoms with E-state index in [-0.39, 0.29) is 12.5 Å². The molecule has 0 saturated heterocycles. The zero-order valence-electron chi connectivity index (χ0n) is 11.5. The molecule has 1 aliphatic rings. The van der Waals surface area contributed by atoms with Crippen LogP contribution in [0.4, 0.5) is 0 Å². The quantitative estimate of drug-likeness (QED) is 0.790. The molecule has 2 rings (SSSR count). The third-order valence-corrected chi connectivity index (χ3v) is 3.88. The van der Waals surface area contributed by atoms with E-state index in [2.05, 4.69) is 12.2 Å². The SMILES string of the molecule is CCc1cccc(OCC(NC)(C(=O)O)C2CC2)c1. The molecule has 0 bridgehead atoms. The van der Waals surface area contributed by atoms with Crippen LogP contribution in [0, 0.1) is 5.92 Å². The Balaban J connectivity index is 2.08. The summed E-state index contributed by atoms with van der Waals surface area (Å²) in [6.07, 6.45) is 2.84. The van der Waals surface area contributed by atoms with Gasteiger partial charge in [-0.1, -0.05) is 19.1 Å². The molecule has 0 spiro atoms. The number of benzene rings is 1. The number of hydrogen-bond acceptors (Lipinski definition) is 3. The van der Waals surface area contributed by atoms with Crippen molar-refractivity contribution in [1.82, 2.24) is 5.32 Å². The monoisotopic (exact) mass is 263 g/mol. The zero-order chi connectivity index (χ0) is 13.9. The van der Waals surface area contributed by atoms with E-state index in [0.29, 0.717) is 0 Å². The van der Waals surface area contributed by atoms with E-state index in [1.165, 1.54) is 5.56 Å². The Morgan fingerprint density at radius 1 is 1.53 bits per heavy atom. The summed E-state index contributed by atoms with van der Waals surface area (Å²) in [7, 11) is 1.69. The maximum absolute atomic E-state index is 11.5. The summed E-state index contributed by atoms with van der Waals surface area (Å²) in [5, 5.41) is 12.4. The number of carbonyl (C=O) groups is 1. The van der Waals surface area contributed by atoms with Gasteiger partial charge in [-0.05, 0) is 49.9 Å². The molecule has 104 valence electrons. The maximum atomic E-state index is 11.5. The predicted molar refractivity (Wildman–Crippen MR) is 73.5 cm³/mol. The summed E-state index contributed by atoms with van der Waals surface area (Å²) in [4.78, 5) is 11.5. The molecule has 4 heteroatoms. The fourth-order valence-corrected chi connectivity index (χ4v) is 2.37. The number of aliphatic carboxylic acids is 1. The molecule has 2 N–H and O–H groups in total. The molecule has 1 aliphatic carbocycles. The van der Waals surface area contributed by atoms with Gasteiger partial charge in [0.15, 0.2) is 5.54 Å². The van der Waals surface area contributed by atoms with Crippen LogP contribution in [-0.2, 0) is 11.2 Å². The molecule has 1 atom stereocenters. The first-order valence-electron chi connectivity index (χ1n) is 6.76. The predicted octanol–water partition coefficient (Wildman–Crippen LogP) is 2.08. The molecule has 1 saturated carbocycles. The van der Waals surface area contributed by atoms with Gasteiger partial charge in [0.05, 0.1) is 0 Å². The smallest absolute Gasteiger partial charge is 0.327 e. The van der Waals surface area contributed by atoms with Crippen LogP contribution in [0.15, 0.2) is 24.3 Å². The molecule has 1 aromatic carbocycles. The highest BCUT2D eigenvalue weighted by molar-refractivity contribution is 5.80. The van der Waals surface area contributed by atoms with Crippen molar-refractivity contribution in [2.45, 2.75) is 31.7 Å². The van der Waals surface area contributed by atoms with Crippen molar-refractivity contribution in [2.24, 2.45) is 5.92 Å². The Morgan fingerprint density at radius 2 is 2.26 bits per heavy atom. The topological polar surface area (TPSA) is 58.6 Å². The number of likely N-dealkylation sites (N-methyl/N-ethyl adjacent to an activating group) is 1. The lowest BCUT2D eigenvalue weighted by atomic mass is 9.94. The van der Waals surface area contributed by atoms with Crippen molar-refractivity contribution in [3.05, 3.63) is 29.8 Å². The summed E-state index contributed by atoms with van der Waals surface area (Å²) < 4.78 is 5.72. The Labute approximate surface area is 113 Å². The zero-order valence-corrected chi connectivity index (χ0v) is 11.5. The molecule has 0 aromatic heterocycles. The van der Waals surface area contributed by atoms with Crippen LogP contribution in [0.1, 0.15) is 25.3 Å². The Kier molecular flexibility index (Phi) is 4.10. The fourth-order valence-electron chi connectivity index (χ4n) is 2.37. The Morgan fingerprint density at radius 3 is 2.79 bits per heavy atom. The average molecular weight is 263 g/mol. The molecule has 0 aliphatic heterocycles. The van der Waals surface area contributed by atoms with E-state index in [1.54, 1.807) is 7.05 Å². The first-order valence-corrected chi connectivity index (χ1v) is 6.76. The van der Waals surface area contributed by atoms with Gasteiger partial charge < -0.3 is 15.2 Å². The Bertz CT molecular complexity index is 456. The summed E-state index contributed by atoms with van der Waals surface area (Å²) in [6.45, 7) is 2.25. The number of hydrogen-bond donors (Lipinski definition) is 2. The Hall–Kier alpha value is -1.55. The fraction of sp³-hybridized carbons (Fsp3) is 0.533. The van der Waals surface area contributed by atoms with Gasteiger partial charge in [-0.15, -0.1) is 0 Å². The first kappa shape index (κ1) is 13.9. The second kappa shape index (κ2) is 5.61. The number of carboxylic acid groups (broad SMARTS) is 1. The van der Waals surface area contributed by atoms with Crippen LogP contribution in [0.25, 0.3) is 0 Å². The van der Waals surface area contributed by atoms with Crippen LogP contribution in [0.3, 0.4) is 0 Å². The minimum atomic E-state index is -0.956. The van der Waals surface area contributed by atoms with Crippen molar-refractivity contribution in [3.63, 3.8) is 0 Å². The first-order chi connectivity index (χ1) is 9.12. The lowest BCUT2D eigenvalue weighted by Crippen LogP contribution is -2.56. The summed E-state index contributed by atoms with van der Waals surface area (Å²) in [6, 6.07) is 7.81. The van der Waals surface area contributed by atoms with Crippen LogP contribution in [0.5, 0.6) is 5.75 Å². The summed E-state index contributed by atoms with van der Waals surface area (Å²) >= 11 is 0. The highest BCUT2D eigenvalue weighted by Crippen LogP contribution is 2.40. The van der Waals surface area contributed by atoms with E-state index >= 15 is 0 Å². The summed E-state index contributed by atoms with van der Waals surface area (Å²) in [5.74, 6) is 0.0781. The largest absolute Gasteiger partial charge is 0.491 e. The highest BCUT2D eigenvalue weighted by atomic mass is 16.5. The van der Waals surface area contributed by atoms with Crippen molar-refractivity contribution < 1.29 is 14.6 Å². The lowest BCUT2D eigenvalue weighted by molar-refractivity contribution is -0.147.